The summed E-state index contributed by atoms with van der Waals surface area (Å²) in [5.74, 6) is -0.141. The summed E-state index contributed by atoms with van der Waals surface area (Å²) < 4.78 is 0. The van der Waals surface area contributed by atoms with Gasteiger partial charge < -0.3 is 5.32 Å². The molecule has 2 rings (SSSR count). The zero-order chi connectivity index (χ0) is 15.6. The molecule has 0 unspecified atom stereocenters. The fourth-order valence-corrected chi connectivity index (χ4v) is 3.44. The van der Waals surface area contributed by atoms with E-state index in [0.29, 0.717) is 5.56 Å². The predicted molar refractivity (Wildman–Crippen MR) is 81.8 cm³/mol. The monoisotopic (exact) mass is 297 g/mol. The Hall–Kier alpha value is -1.16. The molecule has 112 valence electrons. The smallest absolute Gasteiger partial charge is 0.254 e. The van der Waals surface area contributed by atoms with Crippen molar-refractivity contribution in [2.45, 2.75) is 54.0 Å². The second-order valence-corrected chi connectivity index (χ2v) is 6.64. The number of hydrogen-bond donors (Lipinski definition) is 1. The fourth-order valence-electron chi connectivity index (χ4n) is 3.34. The van der Waals surface area contributed by atoms with Crippen LogP contribution in [-0.4, -0.2) is 21.9 Å². The van der Waals surface area contributed by atoms with Crippen LogP contribution in [0.1, 0.15) is 58.3 Å². The van der Waals surface area contributed by atoms with E-state index < -0.39 is 0 Å². The third kappa shape index (κ3) is 3.48. The van der Waals surface area contributed by atoms with E-state index in [1.165, 1.54) is 12.4 Å². The number of hydrogen-bond acceptors (Lipinski definition) is 3. The molecule has 0 atom stereocenters. The maximum absolute atomic E-state index is 12.1. The van der Waals surface area contributed by atoms with Crippen LogP contribution in [0.3, 0.4) is 0 Å². The van der Waals surface area contributed by atoms with E-state index in [1.807, 2.05) is 13.8 Å². The van der Waals surface area contributed by atoms with Crippen molar-refractivity contribution in [3.63, 3.8) is 0 Å². The number of aromatic nitrogens is 2. The average Bonchev–Trinajstić information content (AvgIpc) is 2.37. The molecule has 1 amide bonds. The van der Waals surface area contributed by atoms with Gasteiger partial charge in [0.1, 0.15) is 0 Å². The first kappa shape index (κ1) is 16.9. The van der Waals surface area contributed by atoms with Crippen molar-refractivity contribution >= 4 is 17.5 Å². The van der Waals surface area contributed by atoms with Crippen molar-refractivity contribution in [3.8, 4) is 0 Å². The SMILES string of the molecule is CC.CC1(C)CC(C)(C)C1NC(=O)c1cnc(Cl)nc1. The number of nitrogens with one attached hydrogen (secondary N) is 1. The second kappa shape index (κ2) is 6.08. The molecule has 1 aromatic rings. The lowest BCUT2D eigenvalue weighted by Crippen LogP contribution is -2.63. The molecular weight excluding hydrogens is 274 g/mol. The van der Waals surface area contributed by atoms with E-state index in [0.717, 1.165) is 6.42 Å². The van der Waals surface area contributed by atoms with Gasteiger partial charge in [-0.2, -0.15) is 0 Å². The third-order valence-corrected chi connectivity index (χ3v) is 3.83. The normalized spacial score (nSPS) is 19.4. The van der Waals surface area contributed by atoms with Crippen molar-refractivity contribution in [2.75, 3.05) is 0 Å². The van der Waals surface area contributed by atoms with Gasteiger partial charge in [0.05, 0.1) is 5.56 Å². The van der Waals surface area contributed by atoms with Crippen molar-refractivity contribution in [1.82, 2.24) is 15.3 Å². The minimum absolute atomic E-state index is 0.131. The van der Waals surface area contributed by atoms with Crippen LogP contribution < -0.4 is 5.32 Å². The summed E-state index contributed by atoms with van der Waals surface area (Å²) in [6.45, 7) is 12.7. The molecule has 20 heavy (non-hydrogen) atoms. The highest BCUT2D eigenvalue weighted by atomic mass is 35.5. The minimum Gasteiger partial charge on any atom is -0.348 e. The molecule has 0 spiro atoms. The predicted octanol–water partition coefficient (Wildman–Crippen LogP) is 3.71. The number of carbonyl (C=O) groups excluding carboxylic acids is 1. The van der Waals surface area contributed by atoms with Gasteiger partial charge in [0.25, 0.3) is 5.91 Å². The van der Waals surface area contributed by atoms with Crippen LogP contribution in [0.5, 0.6) is 0 Å². The van der Waals surface area contributed by atoms with Crippen LogP contribution in [0, 0.1) is 10.8 Å². The summed E-state index contributed by atoms with van der Waals surface area (Å²) in [6, 6.07) is 0.160. The Morgan fingerprint density at radius 3 is 2.05 bits per heavy atom. The van der Waals surface area contributed by atoms with Gasteiger partial charge in [-0.1, -0.05) is 41.5 Å². The van der Waals surface area contributed by atoms with Gasteiger partial charge in [-0.3, -0.25) is 4.79 Å². The highest BCUT2D eigenvalue weighted by Gasteiger charge is 2.53. The molecule has 1 aliphatic carbocycles. The Morgan fingerprint density at radius 1 is 1.20 bits per heavy atom. The largest absolute Gasteiger partial charge is 0.348 e. The molecule has 0 bridgehead atoms. The van der Waals surface area contributed by atoms with Crippen molar-refractivity contribution in [1.29, 1.82) is 0 Å². The molecular formula is C15H24ClN3O. The van der Waals surface area contributed by atoms with Gasteiger partial charge in [0.2, 0.25) is 5.28 Å². The van der Waals surface area contributed by atoms with Gasteiger partial charge in [-0.05, 0) is 28.9 Å². The summed E-state index contributed by atoms with van der Waals surface area (Å²) in [5.41, 5.74) is 0.705. The van der Waals surface area contributed by atoms with E-state index in [4.69, 9.17) is 11.6 Å². The van der Waals surface area contributed by atoms with E-state index >= 15 is 0 Å². The van der Waals surface area contributed by atoms with Crippen molar-refractivity contribution in [3.05, 3.63) is 23.2 Å². The quantitative estimate of drug-likeness (QED) is 0.847. The van der Waals surface area contributed by atoms with Crippen molar-refractivity contribution in [2.24, 2.45) is 10.8 Å². The molecule has 1 N–H and O–H groups in total. The van der Waals surface area contributed by atoms with Gasteiger partial charge in [0.15, 0.2) is 0 Å². The minimum atomic E-state index is -0.141. The number of amides is 1. The molecule has 1 fully saturated rings. The summed E-state index contributed by atoms with van der Waals surface area (Å²) >= 11 is 5.60. The third-order valence-electron chi connectivity index (χ3n) is 3.63. The number of nitrogens with zero attached hydrogens (tertiary/aromatic N) is 2. The van der Waals surface area contributed by atoms with Gasteiger partial charge in [-0.15, -0.1) is 0 Å². The maximum atomic E-state index is 12.1. The lowest BCUT2D eigenvalue weighted by molar-refractivity contribution is -0.0366. The second-order valence-electron chi connectivity index (χ2n) is 6.30. The molecule has 1 aliphatic rings. The molecule has 4 nitrogen and oxygen atoms in total. The molecule has 0 aromatic carbocycles. The van der Waals surface area contributed by atoms with Crippen molar-refractivity contribution < 1.29 is 4.79 Å². The van der Waals surface area contributed by atoms with Crippen LogP contribution in [-0.2, 0) is 0 Å². The summed E-state index contributed by atoms with van der Waals surface area (Å²) in [6.07, 6.45) is 3.99. The number of carbonyl (C=O) groups is 1. The molecule has 0 aliphatic heterocycles. The Morgan fingerprint density at radius 2 is 1.65 bits per heavy atom. The molecule has 1 heterocycles. The van der Waals surface area contributed by atoms with E-state index in [-0.39, 0.29) is 28.1 Å². The zero-order valence-corrected chi connectivity index (χ0v) is 13.9. The Balaban J connectivity index is 0.000000956. The standard InChI is InChI=1S/C13H18ClN3O.C2H6/c1-12(2)7-13(3,4)10(12)17-9(18)8-5-15-11(14)16-6-8;1-2/h5-6,10H,7H2,1-4H3,(H,17,18);1-2H3. The van der Waals surface area contributed by atoms with Gasteiger partial charge >= 0.3 is 0 Å². The Kier molecular flexibility index (Phi) is 5.14. The Bertz CT molecular complexity index is 455. The first-order valence-electron chi connectivity index (χ1n) is 7.01. The summed E-state index contributed by atoms with van der Waals surface area (Å²) in [5, 5.41) is 3.22. The molecule has 1 saturated carbocycles. The molecule has 1 aromatic heterocycles. The van der Waals surface area contributed by atoms with E-state index in [1.54, 1.807) is 0 Å². The van der Waals surface area contributed by atoms with Crippen LogP contribution in [0.25, 0.3) is 0 Å². The van der Waals surface area contributed by atoms with E-state index in [2.05, 4.69) is 43.0 Å². The average molecular weight is 298 g/mol. The summed E-state index contributed by atoms with van der Waals surface area (Å²) in [4.78, 5) is 19.7. The summed E-state index contributed by atoms with van der Waals surface area (Å²) in [7, 11) is 0. The number of rotatable bonds is 2. The zero-order valence-electron chi connectivity index (χ0n) is 13.1. The molecule has 0 saturated heterocycles. The first-order valence-corrected chi connectivity index (χ1v) is 7.39. The van der Waals surface area contributed by atoms with Gasteiger partial charge in [-0.25, -0.2) is 9.97 Å². The topological polar surface area (TPSA) is 54.9 Å². The highest BCUT2D eigenvalue weighted by Crippen LogP contribution is 2.53. The van der Waals surface area contributed by atoms with E-state index in [9.17, 15) is 4.79 Å². The lowest BCUT2D eigenvalue weighted by atomic mass is 9.52. The van der Waals surface area contributed by atoms with Crippen LogP contribution >= 0.6 is 11.6 Å². The molecule has 0 radical (unpaired) electrons. The number of halogens is 1. The van der Waals surface area contributed by atoms with Gasteiger partial charge in [0, 0.05) is 18.4 Å². The van der Waals surface area contributed by atoms with Crippen LogP contribution in [0.15, 0.2) is 12.4 Å². The highest BCUT2D eigenvalue weighted by molar-refractivity contribution is 6.28. The first-order chi connectivity index (χ1) is 9.22. The fraction of sp³-hybridized carbons (Fsp3) is 0.667. The lowest BCUT2D eigenvalue weighted by Gasteiger charge is -2.57. The molecule has 5 heteroatoms. The maximum Gasteiger partial charge on any atom is 0.254 e. The van der Waals surface area contributed by atoms with Crippen LogP contribution in [0.4, 0.5) is 0 Å². The van der Waals surface area contributed by atoms with Crippen LogP contribution in [0.2, 0.25) is 5.28 Å². The Labute approximate surface area is 126 Å².